The minimum atomic E-state index is -1.43. The second-order valence-corrected chi connectivity index (χ2v) is 10.3. The number of carboxylic acid groups (broad SMARTS) is 1. The van der Waals surface area contributed by atoms with Crippen LogP contribution in [-0.4, -0.2) is 72.2 Å². The summed E-state index contributed by atoms with van der Waals surface area (Å²) >= 11 is 0. The molecule has 1 unspecified atom stereocenters. The summed E-state index contributed by atoms with van der Waals surface area (Å²) in [5.74, 6) is -2.45. The zero-order valence-corrected chi connectivity index (χ0v) is 22.5. The lowest BCUT2D eigenvalue weighted by atomic mass is 9.98. The molecule has 5 rings (SSSR count). The maximum absolute atomic E-state index is 12.5. The predicted molar refractivity (Wildman–Crippen MR) is 151 cm³/mol. The number of hydrogen-bond donors (Lipinski definition) is 4. The van der Waals surface area contributed by atoms with Crippen molar-refractivity contribution in [1.82, 2.24) is 20.9 Å². The fraction of sp³-hybridized carbons (Fsp3) is 0.290. The van der Waals surface area contributed by atoms with Gasteiger partial charge >= 0.3 is 12.1 Å². The van der Waals surface area contributed by atoms with Crippen LogP contribution in [0.4, 0.5) is 4.79 Å². The Morgan fingerprint density at radius 3 is 2.10 bits per heavy atom. The first kappa shape index (κ1) is 27.9. The first-order valence-corrected chi connectivity index (χ1v) is 13.5. The van der Waals surface area contributed by atoms with E-state index >= 15 is 0 Å². The van der Waals surface area contributed by atoms with E-state index in [9.17, 15) is 24.3 Å². The quantitative estimate of drug-likeness (QED) is 0.301. The third-order valence-electron chi connectivity index (χ3n) is 7.57. The maximum atomic E-state index is 12.5. The van der Waals surface area contributed by atoms with Gasteiger partial charge < -0.3 is 25.8 Å². The Labute approximate surface area is 237 Å². The lowest BCUT2D eigenvalue weighted by Gasteiger charge is -2.26. The molecule has 1 aliphatic heterocycles. The van der Waals surface area contributed by atoms with Crippen LogP contribution in [0.1, 0.15) is 29.0 Å². The summed E-state index contributed by atoms with van der Waals surface area (Å²) < 4.78 is 5.42. The highest BCUT2D eigenvalue weighted by Gasteiger charge is 2.46. The van der Waals surface area contributed by atoms with Gasteiger partial charge in [-0.1, -0.05) is 78.9 Å². The Morgan fingerprint density at radius 2 is 1.44 bits per heavy atom. The normalized spacial score (nSPS) is 17.8. The molecule has 1 aliphatic carbocycles. The van der Waals surface area contributed by atoms with Crippen LogP contribution in [0, 0.1) is 0 Å². The van der Waals surface area contributed by atoms with Crippen molar-refractivity contribution in [2.45, 2.75) is 24.4 Å². The van der Waals surface area contributed by atoms with Crippen LogP contribution in [-0.2, 0) is 25.7 Å². The Balaban J connectivity index is 1.05. The van der Waals surface area contributed by atoms with Crippen molar-refractivity contribution in [3.63, 3.8) is 0 Å². The van der Waals surface area contributed by atoms with Crippen molar-refractivity contribution < 1.29 is 29.0 Å². The number of carbonyl (C=O) groups is 4. The highest BCUT2D eigenvalue weighted by Crippen LogP contribution is 2.44. The van der Waals surface area contributed by atoms with Crippen molar-refractivity contribution in [2.24, 2.45) is 0 Å². The minimum Gasteiger partial charge on any atom is -0.479 e. The monoisotopic (exact) mass is 556 g/mol. The van der Waals surface area contributed by atoms with Crippen LogP contribution in [0.2, 0.25) is 0 Å². The van der Waals surface area contributed by atoms with Gasteiger partial charge in [-0.2, -0.15) is 0 Å². The van der Waals surface area contributed by atoms with Gasteiger partial charge in [0, 0.05) is 25.6 Å². The largest absolute Gasteiger partial charge is 0.479 e. The number of likely N-dealkylation sites (tertiary alicyclic amines) is 1. The van der Waals surface area contributed by atoms with Crippen molar-refractivity contribution in [3.05, 3.63) is 95.6 Å². The molecule has 0 aromatic heterocycles. The lowest BCUT2D eigenvalue weighted by Crippen LogP contribution is -2.58. The molecule has 3 aromatic carbocycles. The van der Waals surface area contributed by atoms with Crippen molar-refractivity contribution in [2.75, 3.05) is 32.8 Å². The van der Waals surface area contributed by atoms with Gasteiger partial charge in [0.05, 0.1) is 6.54 Å². The Morgan fingerprint density at radius 1 is 0.829 bits per heavy atom. The number of benzene rings is 3. The van der Waals surface area contributed by atoms with E-state index in [1.807, 2.05) is 83.8 Å². The molecule has 1 saturated heterocycles. The highest BCUT2D eigenvalue weighted by molar-refractivity contribution is 5.91. The molecular formula is C31H32N4O6. The fourth-order valence-electron chi connectivity index (χ4n) is 5.55. The number of carbonyl (C=O) groups excluding carboxylic acids is 3. The number of aliphatic carboxylic acids is 1. The van der Waals surface area contributed by atoms with Gasteiger partial charge in [0.15, 0.2) is 5.54 Å². The van der Waals surface area contributed by atoms with E-state index in [2.05, 4.69) is 16.0 Å². The van der Waals surface area contributed by atoms with Crippen LogP contribution in [0.15, 0.2) is 78.9 Å². The van der Waals surface area contributed by atoms with E-state index in [0.717, 1.165) is 27.8 Å². The molecule has 3 aromatic rings. The van der Waals surface area contributed by atoms with Crippen molar-refractivity contribution in [3.8, 4) is 11.1 Å². The van der Waals surface area contributed by atoms with Gasteiger partial charge in [-0.3, -0.25) is 14.5 Å². The summed E-state index contributed by atoms with van der Waals surface area (Å²) in [5.41, 5.74) is 4.00. The van der Waals surface area contributed by atoms with Crippen molar-refractivity contribution in [1.29, 1.82) is 0 Å². The lowest BCUT2D eigenvalue weighted by molar-refractivity contribution is -0.147. The van der Waals surface area contributed by atoms with E-state index in [4.69, 9.17) is 4.74 Å². The fourth-order valence-corrected chi connectivity index (χ4v) is 5.55. The third kappa shape index (κ3) is 6.38. The molecule has 0 radical (unpaired) electrons. The van der Waals surface area contributed by atoms with Gasteiger partial charge in [-0.15, -0.1) is 0 Å². The summed E-state index contributed by atoms with van der Waals surface area (Å²) in [5, 5.41) is 17.3. The van der Waals surface area contributed by atoms with Gasteiger partial charge in [-0.05, 0) is 34.2 Å². The second kappa shape index (κ2) is 12.2. The molecule has 41 heavy (non-hydrogen) atoms. The minimum absolute atomic E-state index is 0.105. The first-order chi connectivity index (χ1) is 19.8. The topological polar surface area (TPSA) is 137 Å². The van der Waals surface area contributed by atoms with Gasteiger partial charge in [0.25, 0.3) is 0 Å². The van der Waals surface area contributed by atoms with E-state index < -0.39 is 36.0 Å². The summed E-state index contributed by atoms with van der Waals surface area (Å²) in [4.78, 5) is 51.2. The Hall–Kier alpha value is -4.70. The second-order valence-electron chi connectivity index (χ2n) is 10.3. The number of rotatable bonds is 10. The Kier molecular flexibility index (Phi) is 8.30. The van der Waals surface area contributed by atoms with Crippen molar-refractivity contribution >= 4 is 23.9 Å². The summed E-state index contributed by atoms with van der Waals surface area (Å²) in [6.07, 6.45) is -0.501. The summed E-state index contributed by atoms with van der Waals surface area (Å²) in [7, 11) is 0. The zero-order valence-electron chi connectivity index (χ0n) is 22.5. The van der Waals surface area contributed by atoms with E-state index in [-0.39, 0.29) is 32.0 Å². The highest BCUT2D eigenvalue weighted by atomic mass is 16.5. The SMILES string of the molecule is O=C(CNC(=O)OCC1c2ccccc2-c2ccccc21)NCC(=O)NC1(C(=O)O)CCN(Cc2ccccc2)C1. The van der Waals surface area contributed by atoms with Crippen LogP contribution in [0.25, 0.3) is 11.1 Å². The zero-order chi connectivity index (χ0) is 28.8. The van der Waals surface area contributed by atoms with Crippen LogP contribution >= 0.6 is 0 Å². The van der Waals surface area contributed by atoms with Crippen LogP contribution < -0.4 is 16.0 Å². The average Bonchev–Trinajstić information content (AvgIpc) is 3.53. The third-order valence-corrected chi connectivity index (χ3v) is 7.57. The van der Waals surface area contributed by atoms with Crippen LogP contribution in [0.3, 0.4) is 0 Å². The van der Waals surface area contributed by atoms with E-state index in [0.29, 0.717) is 13.1 Å². The number of ether oxygens (including phenoxy) is 1. The number of hydrogen-bond acceptors (Lipinski definition) is 6. The molecule has 1 heterocycles. The molecule has 10 nitrogen and oxygen atoms in total. The predicted octanol–water partition coefficient (Wildman–Crippen LogP) is 2.49. The molecule has 0 bridgehead atoms. The molecule has 2 aliphatic rings. The molecule has 0 saturated carbocycles. The van der Waals surface area contributed by atoms with E-state index in [1.54, 1.807) is 0 Å². The standard InChI is InChI=1S/C31H32N4O6/c36-27(16-33-30(40)41-19-26-24-12-6-4-10-22(24)23-11-5-7-13-25(23)26)32-17-28(37)34-31(29(38)39)14-15-35(20-31)18-21-8-2-1-3-9-21/h1-13,26H,14-20H2,(H,32,36)(H,33,40)(H,34,37)(H,38,39). The van der Waals surface area contributed by atoms with Gasteiger partial charge in [0.1, 0.15) is 13.2 Å². The number of nitrogens with one attached hydrogen (secondary N) is 3. The number of nitrogens with zero attached hydrogens (tertiary/aromatic N) is 1. The average molecular weight is 557 g/mol. The first-order valence-electron chi connectivity index (χ1n) is 13.5. The molecule has 1 atom stereocenters. The number of carboxylic acids is 1. The molecule has 3 amide bonds. The van der Waals surface area contributed by atoms with Gasteiger partial charge in [0.2, 0.25) is 11.8 Å². The summed E-state index contributed by atoms with van der Waals surface area (Å²) in [6.45, 7) is 0.544. The maximum Gasteiger partial charge on any atom is 0.407 e. The summed E-state index contributed by atoms with van der Waals surface area (Å²) in [6, 6.07) is 25.6. The molecule has 0 spiro atoms. The Bertz CT molecular complexity index is 1400. The molecular weight excluding hydrogens is 524 g/mol. The number of fused-ring (bicyclic) bond motifs is 3. The number of alkyl carbamates (subject to hydrolysis) is 1. The van der Waals surface area contributed by atoms with Gasteiger partial charge in [-0.25, -0.2) is 9.59 Å². The van der Waals surface area contributed by atoms with E-state index in [1.165, 1.54) is 0 Å². The number of amides is 3. The molecule has 212 valence electrons. The smallest absolute Gasteiger partial charge is 0.407 e. The molecule has 1 fully saturated rings. The van der Waals surface area contributed by atoms with Crippen LogP contribution in [0.5, 0.6) is 0 Å². The molecule has 4 N–H and O–H groups in total. The molecule has 10 heteroatoms.